The molecule has 0 amide bonds. The molecule has 1 N–H and O–H groups in total. The second-order valence-corrected chi connectivity index (χ2v) is 6.12. The lowest BCUT2D eigenvalue weighted by Crippen LogP contribution is -2.22. The third kappa shape index (κ3) is 2.26. The third-order valence-electron chi connectivity index (χ3n) is 4.42. The van der Waals surface area contributed by atoms with Crippen LogP contribution in [-0.4, -0.2) is 16.2 Å². The first-order chi connectivity index (χ1) is 9.72. The van der Waals surface area contributed by atoms with E-state index < -0.39 is 0 Å². The summed E-state index contributed by atoms with van der Waals surface area (Å²) in [6, 6.07) is 6.67. The van der Waals surface area contributed by atoms with E-state index in [1.54, 1.807) is 0 Å². The Kier molecular flexibility index (Phi) is 3.83. The standard InChI is InChI=1S/C16H22N2OS/c1-3-10-19-14-9-5-8-13-15(14)17-16(20)18(13)11(2)12-6-4-7-12/h5,8-9,11-12H,3-4,6-7,10H2,1-2H3,(H,17,20). The highest BCUT2D eigenvalue weighted by Crippen LogP contribution is 2.38. The van der Waals surface area contributed by atoms with E-state index in [-0.39, 0.29) is 0 Å². The first-order valence-corrected chi connectivity index (χ1v) is 7.99. The van der Waals surface area contributed by atoms with E-state index in [2.05, 4.69) is 35.5 Å². The van der Waals surface area contributed by atoms with Gasteiger partial charge in [0.2, 0.25) is 0 Å². The summed E-state index contributed by atoms with van der Waals surface area (Å²) in [6.45, 7) is 5.14. The highest BCUT2D eigenvalue weighted by Gasteiger charge is 2.27. The van der Waals surface area contributed by atoms with Crippen molar-refractivity contribution in [2.45, 2.75) is 45.6 Å². The summed E-state index contributed by atoms with van der Waals surface area (Å²) >= 11 is 5.54. The molecule has 1 atom stereocenters. The van der Waals surface area contributed by atoms with Crippen molar-refractivity contribution in [3.05, 3.63) is 23.0 Å². The SMILES string of the molecule is CCCOc1cccc2c1[nH]c(=S)n2C(C)C1CCC1. The second kappa shape index (κ2) is 5.60. The van der Waals surface area contributed by atoms with Gasteiger partial charge in [0.1, 0.15) is 11.3 Å². The van der Waals surface area contributed by atoms with Gasteiger partial charge in [-0.2, -0.15) is 0 Å². The molecular formula is C16H22N2OS. The molecule has 1 aliphatic rings. The van der Waals surface area contributed by atoms with Gasteiger partial charge in [0.25, 0.3) is 0 Å². The number of H-pyrrole nitrogens is 1. The Bertz CT molecular complexity index is 654. The van der Waals surface area contributed by atoms with Gasteiger partial charge in [0.15, 0.2) is 4.77 Å². The quantitative estimate of drug-likeness (QED) is 0.798. The number of nitrogens with zero attached hydrogens (tertiary/aromatic N) is 1. The van der Waals surface area contributed by atoms with Gasteiger partial charge in [-0.25, -0.2) is 0 Å². The summed E-state index contributed by atoms with van der Waals surface area (Å²) in [5, 5.41) is 0. The van der Waals surface area contributed by atoms with Gasteiger partial charge in [-0.1, -0.05) is 19.4 Å². The summed E-state index contributed by atoms with van der Waals surface area (Å²) in [5.41, 5.74) is 2.21. The molecule has 1 heterocycles. The fourth-order valence-electron chi connectivity index (χ4n) is 2.99. The van der Waals surface area contributed by atoms with Crippen molar-refractivity contribution >= 4 is 23.3 Å². The van der Waals surface area contributed by atoms with Crippen LogP contribution in [-0.2, 0) is 0 Å². The number of nitrogens with one attached hydrogen (secondary N) is 1. The number of aromatic amines is 1. The molecule has 0 bridgehead atoms. The van der Waals surface area contributed by atoms with E-state index in [1.165, 1.54) is 24.8 Å². The highest BCUT2D eigenvalue weighted by molar-refractivity contribution is 7.71. The number of hydrogen-bond donors (Lipinski definition) is 1. The maximum atomic E-state index is 5.83. The smallest absolute Gasteiger partial charge is 0.178 e. The van der Waals surface area contributed by atoms with Gasteiger partial charge in [-0.15, -0.1) is 0 Å². The predicted octanol–water partition coefficient (Wildman–Crippen LogP) is 4.85. The molecule has 20 heavy (non-hydrogen) atoms. The number of ether oxygens (including phenoxy) is 1. The fraction of sp³-hybridized carbons (Fsp3) is 0.562. The van der Waals surface area contributed by atoms with Crippen molar-refractivity contribution in [1.82, 2.24) is 9.55 Å². The summed E-state index contributed by atoms with van der Waals surface area (Å²) in [5.74, 6) is 1.68. The van der Waals surface area contributed by atoms with Crippen LogP contribution < -0.4 is 4.74 Å². The van der Waals surface area contributed by atoms with Crippen LogP contribution in [0.2, 0.25) is 0 Å². The third-order valence-corrected chi connectivity index (χ3v) is 4.71. The molecule has 108 valence electrons. The van der Waals surface area contributed by atoms with Crippen LogP contribution in [0.5, 0.6) is 5.75 Å². The van der Waals surface area contributed by atoms with Gasteiger partial charge in [-0.05, 0) is 56.5 Å². The Morgan fingerprint density at radius 2 is 2.25 bits per heavy atom. The zero-order chi connectivity index (χ0) is 14.1. The van der Waals surface area contributed by atoms with Crippen LogP contribution in [0.3, 0.4) is 0 Å². The van der Waals surface area contributed by atoms with Gasteiger partial charge in [-0.3, -0.25) is 0 Å². The molecule has 3 nitrogen and oxygen atoms in total. The Morgan fingerprint density at radius 1 is 1.45 bits per heavy atom. The number of imidazole rings is 1. The van der Waals surface area contributed by atoms with E-state index in [9.17, 15) is 0 Å². The lowest BCUT2D eigenvalue weighted by molar-refractivity contribution is 0.224. The molecule has 0 aliphatic heterocycles. The van der Waals surface area contributed by atoms with Crippen molar-refractivity contribution < 1.29 is 4.74 Å². The van der Waals surface area contributed by atoms with Crippen molar-refractivity contribution in [2.75, 3.05) is 6.61 Å². The largest absolute Gasteiger partial charge is 0.491 e. The second-order valence-electron chi connectivity index (χ2n) is 5.73. The summed E-state index contributed by atoms with van der Waals surface area (Å²) in [7, 11) is 0. The van der Waals surface area contributed by atoms with E-state index in [0.717, 1.165) is 35.0 Å². The molecule has 3 rings (SSSR count). The zero-order valence-electron chi connectivity index (χ0n) is 12.2. The fourth-order valence-corrected chi connectivity index (χ4v) is 3.36. The van der Waals surface area contributed by atoms with Gasteiger partial charge < -0.3 is 14.3 Å². The highest BCUT2D eigenvalue weighted by atomic mass is 32.1. The van der Waals surface area contributed by atoms with Crippen LogP contribution in [0.25, 0.3) is 11.0 Å². The molecule has 1 unspecified atom stereocenters. The monoisotopic (exact) mass is 290 g/mol. The van der Waals surface area contributed by atoms with Gasteiger partial charge in [0.05, 0.1) is 12.1 Å². The average Bonchev–Trinajstić information content (AvgIpc) is 2.70. The van der Waals surface area contributed by atoms with Crippen LogP contribution in [0.1, 0.15) is 45.6 Å². The minimum absolute atomic E-state index is 0.464. The number of hydrogen-bond acceptors (Lipinski definition) is 2. The number of aromatic nitrogens is 2. The molecule has 1 aromatic heterocycles. The Hall–Kier alpha value is -1.29. The lowest BCUT2D eigenvalue weighted by atomic mass is 9.80. The van der Waals surface area contributed by atoms with Crippen LogP contribution >= 0.6 is 12.2 Å². The summed E-state index contributed by atoms with van der Waals surface area (Å²) < 4.78 is 8.91. The van der Waals surface area contributed by atoms with Crippen molar-refractivity contribution in [2.24, 2.45) is 5.92 Å². The maximum absolute atomic E-state index is 5.83. The van der Waals surface area contributed by atoms with Crippen LogP contribution in [0.4, 0.5) is 0 Å². The summed E-state index contributed by atoms with van der Waals surface area (Å²) in [4.78, 5) is 3.34. The molecular weight excluding hydrogens is 268 g/mol. The van der Waals surface area contributed by atoms with E-state index in [0.29, 0.717) is 6.04 Å². The Balaban J connectivity index is 2.04. The molecule has 1 aliphatic carbocycles. The first kappa shape index (κ1) is 13.7. The van der Waals surface area contributed by atoms with Crippen molar-refractivity contribution in [3.63, 3.8) is 0 Å². The first-order valence-electron chi connectivity index (χ1n) is 7.58. The predicted molar refractivity (Wildman–Crippen MR) is 85.0 cm³/mol. The average molecular weight is 290 g/mol. The van der Waals surface area contributed by atoms with Gasteiger partial charge in [0, 0.05) is 6.04 Å². The number of para-hydroxylation sites is 1. The lowest BCUT2D eigenvalue weighted by Gasteiger charge is -2.32. The zero-order valence-corrected chi connectivity index (χ0v) is 13.0. The topological polar surface area (TPSA) is 29.9 Å². The molecule has 1 aromatic carbocycles. The van der Waals surface area contributed by atoms with Crippen LogP contribution in [0.15, 0.2) is 18.2 Å². The molecule has 0 spiro atoms. The van der Waals surface area contributed by atoms with Gasteiger partial charge >= 0.3 is 0 Å². The molecule has 2 aromatic rings. The number of rotatable bonds is 5. The van der Waals surface area contributed by atoms with Crippen molar-refractivity contribution in [1.29, 1.82) is 0 Å². The Labute approximate surface area is 125 Å². The molecule has 0 radical (unpaired) electrons. The maximum Gasteiger partial charge on any atom is 0.178 e. The minimum atomic E-state index is 0.464. The number of benzene rings is 1. The van der Waals surface area contributed by atoms with E-state index in [1.807, 2.05) is 6.07 Å². The molecule has 1 saturated carbocycles. The molecule has 0 saturated heterocycles. The molecule has 4 heteroatoms. The normalized spacial score (nSPS) is 17.1. The van der Waals surface area contributed by atoms with E-state index in [4.69, 9.17) is 17.0 Å². The van der Waals surface area contributed by atoms with Crippen molar-refractivity contribution in [3.8, 4) is 5.75 Å². The van der Waals surface area contributed by atoms with E-state index >= 15 is 0 Å². The Morgan fingerprint density at radius 3 is 2.90 bits per heavy atom. The number of fused-ring (bicyclic) bond motifs is 1. The molecule has 1 fully saturated rings. The van der Waals surface area contributed by atoms with Crippen LogP contribution in [0, 0.1) is 10.7 Å². The minimum Gasteiger partial charge on any atom is -0.491 e. The summed E-state index contributed by atoms with van der Waals surface area (Å²) in [6.07, 6.45) is 5.01.